The topological polar surface area (TPSA) is 55.8 Å². The number of nitrogens with zero attached hydrogens (tertiary/aromatic N) is 2. The van der Waals surface area contributed by atoms with Crippen LogP contribution in [0.15, 0.2) is 42.5 Å². The van der Waals surface area contributed by atoms with Crippen molar-refractivity contribution in [3.05, 3.63) is 53.3 Å². The molecule has 1 atom stereocenters. The summed E-state index contributed by atoms with van der Waals surface area (Å²) in [6.45, 7) is 4.95. The largest absolute Gasteiger partial charge is 0.508 e. The van der Waals surface area contributed by atoms with E-state index >= 15 is 0 Å². The van der Waals surface area contributed by atoms with Crippen molar-refractivity contribution in [1.29, 1.82) is 0 Å². The average molecular weight is 378 g/mol. The maximum absolute atomic E-state index is 13.2. The number of rotatable bonds is 4. The van der Waals surface area contributed by atoms with Gasteiger partial charge >= 0.3 is 0 Å². The fourth-order valence-corrected chi connectivity index (χ4v) is 3.20. The van der Waals surface area contributed by atoms with Crippen LogP contribution in [0.2, 0.25) is 5.02 Å². The zero-order chi connectivity index (χ0) is 18.7. The van der Waals surface area contributed by atoms with Gasteiger partial charge in [0.2, 0.25) is 5.91 Å². The minimum absolute atomic E-state index is 0.0158. The fourth-order valence-electron chi connectivity index (χ4n) is 3.02. The molecule has 5 nitrogen and oxygen atoms in total. The maximum atomic E-state index is 13.2. The van der Waals surface area contributed by atoms with Gasteiger partial charge in [0.1, 0.15) is 11.6 Å². The molecule has 0 radical (unpaired) electrons. The van der Waals surface area contributed by atoms with Crippen molar-refractivity contribution in [2.24, 2.45) is 0 Å². The number of piperazine rings is 1. The maximum Gasteiger partial charge on any atom is 0.241 e. The van der Waals surface area contributed by atoms with Gasteiger partial charge in [-0.3, -0.25) is 9.69 Å². The molecule has 138 valence electrons. The number of halogens is 2. The van der Waals surface area contributed by atoms with Gasteiger partial charge in [-0.15, -0.1) is 0 Å². The first-order valence-corrected chi connectivity index (χ1v) is 8.86. The number of nitrogens with one attached hydrogen (secondary N) is 1. The van der Waals surface area contributed by atoms with Crippen molar-refractivity contribution in [3.8, 4) is 5.75 Å². The van der Waals surface area contributed by atoms with E-state index in [1.807, 2.05) is 19.1 Å². The number of aromatic hydroxyl groups is 1. The molecule has 0 aromatic heterocycles. The van der Waals surface area contributed by atoms with Crippen molar-refractivity contribution in [3.63, 3.8) is 0 Å². The third-order valence-electron chi connectivity index (χ3n) is 4.64. The van der Waals surface area contributed by atoms with Crippen LogP contribution < -0.4 is 10.2 Å². The number of anilines is 2. The molecule has 2 N–H and O–H groups in total. The monoisotopic (exact) mass is 377 g/mol. The summed E-state index contributed by atoms with van der Waals surface area (Å²) in [7, 11) is 0. The Morgan fingerprint density at radius 2 is 1.81 bits per heavy atom. The van der Waals surface area contributed by atoms with Crippen LogP contribution in [0.3, 0.4) is 0 Å². The van der Waals surface area contributed by atoms with Crippen LogP contribution in [-0.4, -0.2) is 48.1 Å². The summed E-state index contributed by atoms with van der Waals surface area (Å²) < 4.78 is 13.2. The van der Waals surface area contributed by atoms with Gasteiger partial charge in [-0.25, -0.2) is 4.39 Å². The molecular formula is C19H21ClFN3O2. The summed E-state index contributed by atoms with van der Waals surface area (Å²) in [5.74, 6) is -0.410. The summed E-state index contributed by atoms with van der Waals surface area (Å²) in [5.41, 5.74) is 1.54. The molecule has 0 bridgehead atoms. The Hall–Kier alpha value is -2.31. The predicted octanol–water partition coefficient (Wildman–Crippen LogP) is 3.33. The number of phenols is 1. The molecule has 0 unspecified atom stereocenters. The number of amides is 1. The Morgan fingerprint density at radius 3 is 2.42 bits per heavy atom. The third kappa shape index (κ3) is 4.26. The van der Waals surface area contributed by atoms with Crippen molar-refractivity contribution in [1.82, 2.24) is 4.90 Å². The van der Waals surface area contributed by atoms with Gasteiger partial charge in [-0.1, -0.05) is 11.6 Å². The number of phenolic OH excluding ortho intramolecular Hbond substituents is 1. The fraction of sp³-hybridized carbons (Fsp3) is 0.316. The predicted molar refractivity (Wildman–Crippen MR) is 101 cm³/mol. The number of hydrogen-bond donors (Lipinski definition) is 2. The lowest BCUT2D eigenvalue weighted by molar-refractivity contribution is -0.120. The molecule has 1 aliphatic rings. The van der Waals surface area contributed by atoms with Crippen LogP contribution in [0, 0.1) is 5.82 Å². The van der Waals surface area contributed by atoms with Crippen LogP contribution in [0.25, 0.3) is 0 Å². The van der Waals surface area contributed by atoms with Gasteiger partial charge in [0.15, 0.2) is 0 Å². The highest BCUT2D eigenvalue weighted by atomic mass is 35.5. The second kappa shape index (κ2) is 7.93. The summed E-state index contributed by atoms with van der Waals surface area (Å²) in [6, 6.07) is 11.0. The molecule has 1 heterocycles. The Morgan fingerprint density at radius 1 is 1.15 bits per heavy atom. The van der Waals surface area contributed by atoms with Crippen LogP contribution in [0.1, 0.15) is 6.92 Å². The molecule has 0 saturated carbocycles. The highest BCUT2D eigenvalue weighted by molar-refractivity contribution is 6.31. The molecule has 1 amide bonds. The smallest absolute Gasteiger partial charge is 0.241 e. The molecule has 26 heavy (non-hydrogen) atoms. The minimum atomic E-state index is -0.511. The summed E-state index contributed by atoms with van der Waals surface area (Å²) in [4.78, 5) is 16.8. The summed E-state index contributed by atoms with van der Waals surface area (Å²) in [5, 5.41) is 12.2. The van der Waals surface area contributed by atoms with Gasteiger partial charge in [0.25, 0.3) is 0 Å². The van der Waals surface area contributed by atoms with Crippen LogP contribution in [0.4, 0.5) is 15.8 Å². The van der Waals surface area contributed by atoms with Gasteiger partial charge < -0.3 is 15.3 Å². The molecule has 0 spiro atoms. The van der Waals surface area contributed by atoms with Crippen LogP contribution >= 0.6 is 11.6 Å². The van der Waals surface area contributed by atoms with Gasteiger partial charge in [0, 0.05) is 37.6 Å². The standard InChI is InChI=1S/C19H21ClFN3O2/c1-13(19(26)22-14-2-7-18(21)17(20)12-14)23-8-10-24(11-9-23)15-3-5-16(25)6-4-15/h2-7,12-13,25H,8-11H2,1H3,(H,22,26)/t13-/m1/s1. The Balaban J connectivity index is 1.55. The van der Waals surface area contributed by atoms with Gasteiger partial charge in [-0.05, 0) is 49.4 Å². The van der Waals surface area contributed by atoms with E-state index in [1.165, 1.54) is 18.2 Å². The van der Waals surface area contributed by atoms with Gasteiger partial charge in [0.05, 0.1) is 11.1 Å². The molecule has 1 saturated heterocycles. The minimum Gasteiger partial charge on any atom is -0.508 e. The van der Waals surface area contributed by atoms with Crippen molar-refractivity contribution >= 4 is 28.9 Å². The highest BCUT2D eigenvalue weighted by Crippen LogP contribution is 2.22. The Kier molecular flexibility index (Phi) is 5.64. The molecule has 7 heteroatoms. The SMILES string of the molecule is C[C@H](C(=O)Nc1ccc(F)c(Cl)c1)N1CCN(c2ccc(O)cc2)CC1. The molecular weight excluding hydrogens is 357 g/mol. The van der Waals surface area contributed by atoms with E-state index in [0.29, 0.717) is 5.69 Å². The molecule has 1 fully saturated rings. The van der Waals surface area contributed by atoms with E-state index in [-0.39, 0.29) is 22.7 Å². The second-order valence-electron chi connectivity index (χ2n) is 6.33. The van der Waals surface area contributed by atoms with Crippen LogP contribution in [-0.2, 0) is 4.79 Å². The van der Waals surface area contributed by atoms with E-state index in [0.717, 1.165) is 31.9 Å². The molecule has 2 aromatic rings. The van der Waals surface area contributed by atoms with Crippen molar-refractivity contribution in [2.45, 2.75) is 13.0 Å². The molecule has 2 aromatic carbocycles. The number of hydrogen-bond acceptors (Lipinski definition) is 4. The highest BCUT2D eigenvalue weighted by Gasteiger charge is 2.25. The molecule has 0 aliphatic carbocycles. The zero-order valence-electron chi connectivity index (χ0n) is 14.5. The quantitative estimate of drug-likeness (QED) is 0.858. The second-order valence-corrected chi connectivity index (χ2v) is 6.74. The number of carbonyl (C=O) groups excluding carboxylic acids is 1. The molecule has 1 aliphatic heterocycles. The van der Waals surface area contributed by atoms with Gasteiger partial charge in [-0.2, -0.15) is 0 Å². The summed E-state index contributed by atoms with van der Waals surface area (Å²) in [6.07, 6.45) is 0. The molecule has 3 rings (SSSR count). The first-order valence-electron chi connectivity index (χ1n) is 8.48. The van der Waals surface area contributed by atoms with Crippen molar-refractivity contribution < 1.29 is 14.3 Å². The first kappa shape index (κ1) is 18.5. The van der Waals surface area contributed by atoms with E-state index in [2.05, 4.69) is 15.1 Å². The van der Waals surface area contributed by atoms with E-state index < -0.39 is 5.82 Å². The average Bonchev–Trinajstić information content (AvgIpc) is 2.65. The lowest BCUT2D eigenvalue weighted by Crippen LogP contribution is -2.52. The van der Waals surface area contributed by atoms with Crippen LogP contribution in [0.5, 0.6) is 5.75 Å². The first-order chi connectivity index (χ1) is 12.4. The lowest BCUT2D eigenvalue weighted by atomic mass is 10.2. The van der Waals surface area contributed by atoms with E-state index in [9.17, 15) is 14.3 Å². The Bertz CT molecular complexity index is 777. The van der Waals surface area contributed by atoms with E-state index in [1.54, 1.807) is 12.1 Å². The van der Waals surface area contributed by atoms with E-state index in [4.69, 9.17) is 11.6 Å². The lowest BCUT2D eigenvalue weighted by Gasteiger charge is -2.38. The normalized spacial score (nSPS) is 16.3. The van der Waals surface area contributed by atoms with Crippen molar-refractivity contribution in [2.75, 3.05) is 36.4 Å². The zero-order valence-corrected chi connectivity index (χ0v) is 15.2. The number of carbonyl (C=O) groups is 1. The Labute approximate surface area is 157 Å². The third-order valence-corrected chi connectivity index (χ3v) is 4.93. The summed E-state index contributed by atoms with van der Waals surface area (Å²) >= 11 is 5.75. The number of benzene rings is 2.